The van der Waals surface area contributed by atoms with E-state index in [0.717, 1.165) is 36.8 Å². The van der Waals surface area contributed by atoms with Gasteiger partial charge in [0.05, 0.1) is 12.3 Å². The average molecular weight is 256 g/mol. The number of hydrogen-bond acceptors (Lipinski definition) is 5. The largest absolute Gasteiger partial charge is 0.491 e. The predicted molar refractivity (Wildman–Crippen MR) is 75.1 cm³/mol. The Morgan fingerprint density at radius 3 is 3.05 bits per heavy atom. The van der Waals surface area contributed by atoms with E-state index in [-0.39, 0.29) is 0 Å². The molecule has 1 aromatic carbocycles. The first-order valence-corrected chi connectivity index (χ1v) is 6.38. The molecule has 3 rings (SSSR count). The fourth-order valence-electron chi connectivity index (χ4n) is 2.19. The van der Waals surface area contributed by atoms with Crippen molar-refractivity contribution < 1.29 is 4.74 Å². The molecule has 0 aliphatic carbocycles. The Labute approximate surface area is 112 Å². The summed E-state index contributed by atoms with van der Waals surface area (Å²) in [4.78, 5) is 10.8. The molecule has 19 heavy (non-hydrogen) atoms. The lowest BCUT2D eigenvalue weighted by Crippen LogP contribution is -2.19. The van der Waals surface area contributed by atoms with E-state index in [1.54, 1.807) is 6.20 Å². The molecule has 2 aromatic rings. The van der Waals surface area contributed by atoms with Crippen LogP contribution >= 0.6 is 0 Å². The van der Waals surface area contributed by atoms with Gasteiger partial charge in [0.25, 0.3) is 0 Å². The van der Waals surface area contributed by atoms with Gasteiger partial charge in [-0.2, -0.15) is 4.98 Å². The van der Waals surface area contributed by atoms with E-state index < -0.39 is 0 Å². The van der Waals surface area contributed by atoms with Crippen molar-refractivity contribution in [3.8, 4) is 5.75 Å². The summed E-state index contributed by atoms with van der Waals surface area (Å²) in [5.41, 5.74) is 1.06. The molecule has 5 heteroatoms. The molecule has 0 radical (unpaired) electrons. The predicted octanol–water partition coefficient (Wildman–Crippen LogP) is 2.44. The number of anilines is 3. The van der Waals surface area contributed by atoms with Crippen LogP contribution in [0.5, 0.6) is 5.75 Å². The molecule has 0 unspecified atom stereocenters. The number of rotatable bonds is 2. The summed E-state index contributed by atoms with van der Waals surface area (Å²) in [5.74, 6) is 2.42. The molecule has 0 saturated carbocycles. The smallest absolute Gasteiger partial charge is 0.224 e. The second-order valence-corrected chi connectivity index (χ2v) is 4.31. The zero-order chi connectivity index (χ0) is 13.1. The van der Waals surface area contributed by atoms with Gasteiger partial charge in [0.2, 0.25) is 5.95 Å². The summed E-state index contributed by atoms with van der Waals surface area (Å²) in [6.45, 7) is 1.62. The van der Waals surface area contributed by atoms with Gasteiger partial charge < -0.3 is 15.0 Å². The Morgan fingerprint density at radius 1 is 1.26 bits per heavy atom. The quantitative estimate of drug-likeness (QED) is 0.894. The minimum Gasteiger partial charge on any atom is -0.491 e. The number of nitrogens with zero attached hydrogens (tertiary/aromatic N) is 3. The third-order valence-electron chi connectivity index (χ3n) is 3.08. The Balaban J connectivity index is 2.03. The molecular weight excluding hydrogens is 240 g/mol. The zero-order valence-electron chi connectivity index (χ0n) is 10.8. The monoisotopic (exact) mass is 256 g/mol. The first kappa shape index (κ1) is 11.8. The van der Waals surface area contributed by atoms with Gasteiger partial charge >= 0.3 is 0 Å². The van der Waals surface area contributed by atoms with Crippen LogP contribution in [-0.2, 0) is 0 Å². The molecule has 5 nitrogen and oxygen atoms in total. The molecule has 1 N–H and O–H groups in total. The Kier molecular flexibility index (Phi) is 3.18. The highest BCUT2D eigenvalue weighted by Gasteiger charge is 2.18. The van der Waals surface area contributed by atoms with Crippen molar-refractivity contribution in [2.75, 3.05) is 30.4 Å². The van der Waals surface area contributed by atoms with Crippen LogP contribution in [0.2, 0.25) is 0 Å². The van der Waals surface area contributed by atoms with E-state index in [1.807, 2.05) is 31.3 Å². The highest BCUT2D eigenvalue weighted by atomic mass is 16.5. The third kappa shape index (κ3) is 2.31. The van der Waals surface area contributed by atoms with Crippen molar-refractivity contribution in [1.82, 2.24) is 9.97 Å². The van der Waals surface area contributed by atoms with E-state index in [2.05, 4.69) is 26.3 Å². The van der Waals surface area contributed by atoms with Crippen molar-refractivity contribution in [2.45, 2.75) is 6.42 Å². The van der Waals surface area contributed by atoms with Crippen LogP contribution in [0.25, 0.3) is 0 Å². The number of nitrogens with one attached hydrogen (secondary N) is 1. The summed E-state index contributed by atoms with van der Waals surface area (Å²) in [7, 11) is 1.82. The van der Waals surface area contributed by atoms with Gasteiger partial charge in [0.15, 0.2) is 0 Å². The number of aromatic nitrogens is 2. The van der Waals surface area contributed by atoms with E-state index in [0.29, 0.717) is 5.95 Å². The molecule has 1 aromatic heterocycles. The van der Waals surface area contributed by atoms with Gasteiger partial charge in [-0.15, -0.1) is 0 Å². The fourth-order valence-corrected chi connectivity index (χ4v) is 2.19. The fraction of sp³-hybridized carbons (Fsp3) is 0.286. The Morgan fingerprint density at radius 2 is 2.16 bits per heavy atom. The lowest BCUT2D eigenvalue weighted by atomic mass is 10.2. The second-order valence-electron chi connectivity index (χ2n) is 4.31. The summed E-state index contributed by atoms with van der Waals surface area (Å²) >= 11 is 0. The zero-order valence-corrected chi connectivity index (χ0v) is 10.8. The molecule has 0 bridgehead atoms. The number of fused-ring (bicyclic) bond motifs is 1. The maximum atomic E-state index is 5.76. The summed E-state index contributed by atoms with van der Waals surface area (Å²) in [5, 5.41) is 2.97. The van der Waals surface area contributed by atoms with E-state index in [1.165, 1.54) is 0 Å². The SMILES string of the molecule is CNc1nccc(N2CCCOc3ccccc32)n1. The van der Waals surface area contributed by atoms with E-state index in [9.17, 15) is 0 Å². The van der Waals surface area contributed by atoms with Gasteiger partial charge in [-0.3, -0.25) is 0 Å². The Hall–Kier alpha value is -2.30. The van der Waals surface area contributed by atoms with E-state index in [4.69, 9.17) is 4.74 Å². The highest BCUT2D eigenvalue weighted by Crippen LogP contribution is 2.34. The van der Waals surface area contributed by atoms with Crippen LogP contribution in [0.3, 0.4) is 0 Å². The normalized spacial score (nSPS) is 14.3. The standard InChI is InChI=1S/C14H16N4O/c1-15-14-16-8-7-13(17-14)18-9-4-10-19-12-6-3-2-5-11(12)18/h2-3,5-8H,4,9-10H2,1H3,(H,15,16,17). The van der Waals surface area contributed by atoms with Crippen molar-refractivity contribution in [1.29, 1.82) is 0 Å². The highest BCUT2D eigenvalue weighted by molar-refractivity contribution is 5.67. The summed E-state index contributed by atoms with van der Waals surface area (Å²) in [6.07, 6.45) is 2.73. The second kappa shape index (κ2) is 5.14. The lowest BCUT2D eigenvalue weighted by molar-refractivity contribution is 0.322. The van der Waals surface area contributed by atoms with Gasteiger partial charge in [-0.25, -0.2) is 4.98 Å². The molecule has 2 heterocycles. The van der Waals surface area contributed by atoms with Crippen LogP contribution in [0, 0.1) is 0 Å². The van der Waals surface area contributed by atoms with Gasteiger partial charge in [-0.1, -0.05) is 12.1 Å². The minimum atomic E-state index is 0.625. The maximum absolute atomic E-state index is 5.76. The Bertz CT molecular complexity index is 573. The van der Waals surface area contributed by atoms with Crippen molar-refractivity contribution in [3.05, 3.63) is 36.5 Å². The van der Waals surface area contributed by atoms with Crippen LogP contribution in [0.4, 0.5) is 17.5 Å². The summed E-state index contributed by atoms with van der Waals surface area (Å²) in [6, 6.07) is 9.97. The third-order valence-corrected chi connectivity index (χ3v) is 3.08. The molecule has 0 fully saturated rings. The number of hydrogen-bond donors (Lipinski definition) is 1. The van der Waals surface area contributed by atoms with Gasteiger partial charge in [0, 0.05) is 19.8 Å². The lowest BCUT2D eigenvalue weighted by Gasteiger charge is -2.22. The molecule has 0 atom stereocenters. The van der Waals surface area contributed by atoms with Gasteiger partial charge in [-0.05, 0) is 24.6 Å². The topological polar surface area (TPSA) is 50.3 Å². The van der Waals surface area contributed by atoms with Crippen LogP contribution in [0.1, 0.15) is 6.42 Å². The number of benzene rings is 1. The molecule has 98 valence electrons. The van der Waals surface area contributed by atoms with Crippen LogP contribution < -0.4 is 15.0 Å². The van der Waals surface area contributed by atoms with E-state index >= 15 is 0 Å². The maximum Gasteiger partial charge on any atom is 0.224 e. The van der Waals surface area contributed by atoms with Gasteiger partial charge in [0.1, 0.15) is 11.6 Å². The summed E-state index contributed by atoms with van der Waals surface area (Å²) < 4.78 is 5.76. The molecule has 1 aliphatic heterocycles. The number of ether oxygens (including phenoxy) is 1. The molecular formula is C14H16N4O. The van der Waals surface area contributed by atoms with Crippen molar-refractivity contribution in [3.63, 3.8) is 0 Å². The molecule has 1 aliphatic rings. The number of para-hydroxylation sites is 2. The molecule has 0 amide bonds. The minimum absolute atomic E-state index is 0.625. The first-order valence-electron chi connectivity index (χ1n) is 6.38. The van der Waals surface area contributed by atoms with Crippen LogP contribution in [0.15, 0.2) is 36.5 Å². The van der Waals surface area contributed by atoms with Crippen molar-refractivity contribution >= 4 is 17.5 Å². The first-order chi connectivity index (χ1) is 9.38. The van der Waals surface area contributed by atoms with Crippen molar-refractivity contribution in [2.24, 2.45) is 0 Å². The molecule has 0 spiro atoms. The van der Waals surface area contributed by atoms with Crippen LogP contribution in [-0.4, -0.2) is 30.2 Å². The average Bonchev–Trinajstić information content (AvgIpc) is 2.69. The molecule has 0 saturated heterocycles.